The monoisotopic (exact) mass is 299 g/mol. The first-order valence-corrected chi connectivity index (χ1v) is 7.06. The van der Waals surface area contributed by atoms with Crippen LogP contribution in [0.2, 0.25) is 0 Å². The minimum Gasteiger partial charge on any atom is -0.469 e. The summed E-state index contributed by atoms with van der Waals surface area (Å²) >= 11 is 0. The predicted molar refractivity (Wildman–Crippen MR) is 63.5 cm³/mol. The van der Waals surface area contributed by atoms with Gasteiger partial charge in [0.2, 0.25) is 0 Å². The Hall–Kier alpha value is -0.980. The second-order valence-electron chi connectivity index (χ2n) is 3.61. The number of rotatable bonds is 8. The van der Waals surface area contributed by atoms with Gasteiger partial charge in [-0.25, -0.2) is 9.18 Å². The van der Waals surface area contributed by atoms with Gasteiger partial charge in [0.15, 0.2) is 6.17 Å². The molecule has 0 bridgehead atoms. The lowest BCUT2D eigenvalue weighted by molar-refractivity contribution is -0.150. The molecule has 0 amide bonds. The molecule has 7 nitrogen and oxygen atoms in total. The van der Waals surface area contributed by atoms with Crippen LogP contribution in [0.1, 0.15) is 6.42 Å². The molecule has 112 valence electrons. The Balaban J connectivity index is 4.88. The highest BCUT2D eigenvalue weighted by Crippen LogP contribution is 2.48. The molecule has 0 aliphatic heterocycles. The van der Waals surface area contributed by atoms with E-state index >= 15 is 0 Å². The number of alkyl halides is 1. The molecule has 0 radical (unpaired) electrons. The summed E-state index contributed by atoms with van der Waals surface area (Å²) in [7, 11) is 0.898. The molecule has 0 rings (SSSR count). The molecule has 0 unspecified atom stereocenters. The van der Waals surface area contributed by atoms with Crippen LogP contribution in [-0.2, 0) is 32.7 Å². The van der Waals surface area contributed by atoms with Crippen molar-refractivity contribution in [1.29, 1.82) is 0 Å². The van der Waals surface area contributed by atoms with Crippen molar-refractivity contribution in [2.75, 3.05) is 34.6 Å². The van der Waals surface area contributed by atoms with Crippen LogP contribution in [0.15, 0.2) is 0 Å². The number of carbonyl (C=O) groups is 2. The molecule has 0 aromatic rings. The summed E-state index contributed by atoms with van der Waals surface area (Å²) in [6, 6.07) is 0. The lowest BCUT2D eigenvalue weighted by atomic mass is 10.0. The maximum atomic E-state index is 13.5. The highest BCUT2D eigenvalue weighted by atomic mass is 31.2. The Morgan fingerprint density at radius 1 is 1.05 bits per heavy atom. The molecule has 0 fully saturated rings. The van der Waals surface area contributed by atoms with E-state index in [-0.39, 0.29) is 6.16 Å². The Bertz CT molecular complexity index is 352. The molecule has 0 aromatic heterocycles. The average molecular weight is 299 g/mol. The van der Waals surface area contributed by atoms with Crippen LogP contribution < -0.4 is 0 Å². The Kier molecular flexibility index (Phi) is 7.82. The summed E-state index contributed by atoms with van der Waals surface area (Å²) in [4.78, 5) is 22.5. The maximum Gasteiger partial charge on any atom is 0.340 e. The average Bonchev–Trinajstić information content (AvgIpc) is 2.44. The van der Waals surface area contributed by atoms with Gasteiger partial charge in [-0.05, 0) is 0 Å². The van der Waals surface area contributed by atoms with Crippen molar-refractivity contribution in [3.05, 3.63) is 0 Å². The summed E-state index contributed by atoms with van der Waals surface area (Å²) in [5.41, 5.74) is 0. The van der Waals surface area contributed by atoms with Crippen LogP contribution in [0, 0.1) is 5.92 Å². The van der Waals surface area contributed by atoms with E-state index in [1.807, 2.05) is 0 Å². The molecule has 0 N–H and O–H groups in total. The fourth-order valence-electron chi connectivity index (χ4n) is 1.38. The fraction of sp³-hybridized carbons (Fsp3) is 0.800. The van der Waals surface area contributed by atoms with Crippen LogP contribution in [0.25, 0.3) is 0 Å². The summed E-state index contributed by atoms with van der Waals surface area (Å²) in [5.74, 6) is -3.05. The van der Waals surface area contributed by atoms with E-state index in [0.29, 0.717) is 0 Å². The van der Waals surface area contributed by atoms with Gasteiger partial charge in [-0.2, -0.15) is 0 Å². The second kappa shape index (κ2) is 8.24. The van der Waals surface area contributed by atoms with E-state index in [4.69, 9.17) is 0 Å². The predicted octanol–water partition coefficient (Wildman–Crippen LogP) is 1.16. The minimum absolute atomic E-state index is 0.385. The zero-order valence-corrected chi connectivity index (χ0v) is 12.1. The first kappa shape index (κ1) is 18.0. The fourth-order valence-corrected chi connectivity index (χ4v) is 2.66. The van der Waals surface area contributed by atoms with Crippen molar-refractivity contribution in [3.63, 3.8) is 0 Å². The van der Waals surface area contributed by atoms with E-state index in [1.54, 1.807) is 0 Å². The van der Waals surface area contributed by atoms with E-state index in [0.717, 1.165) is 28.4 Å². The number of esters is 2. The highest BCUT2D eigenvalue weighted by Gasteiger charge is 2.35. The number of methoxy groups -OCH3 is 2. The molecular formula is C10H18FO7P. The summed E-state index contributed by atoms with van der Waals surface area (Å²) in [5, 5.41) is 0. The van der Waals surface area contributed by atoms with Gasteiger partial charge in [0.25, 0.3) is 0 Å². The molecular weight excluding hydrogens is 281 g/mol. The molecule has 0 aromatic carbocycles. The normalized spacial score (nSPS) is 14.6. The molecule has 9 heteroatoms. The first-order chi connectivity index (χ1) is 8.83. The second-order valence-corrected chi connectivity index (χ2v) is 5.92. The third-order valence-corrected chi connectivity index (χ3v) is 4.48. The third kappa shape index (κ3) is 5.67. The Morgan fingerprint density at radius 2 is 1.53 bits per heavy atom. The van der Waals surface area contributed by atoms with Crippen molar-refractivity contribution in [2.45, 2.75) is 12.6 Å². The molecule has 0 saturated carbocycles. The van der Waals surface area contributed by atoms with Crippen molar-refractivity contribution < 1.29 is 37.1 Å². The van der Waals surface area contributed by atoms with Crippen LogP contribution >= 0.6 is 7.60 Å². The van der Waals surface area contributed by atoms with Gasteiger partial charge in [-0.1, -0.05) is 0 Å². The number of ether oxygens (including phenoxy) is 2. The molecule has 0 spiro atoms. The van der Waals surface area contributed by atoms with Crippen LogP contribution in [0.5, 0.6) is 0 Å². The van der Waals surface area contributed by atoms with Crippen molar-refractivity contribution in [1.82, 2.24) is 0 Å². The van der Waals surface area contributed by atoms with Gasteiger partial charge in [-0.3, -0.25) is 9.36 Å². The first-order valence-electron chi connectivity index (χ1n) is 5.33. The molecule has 0 aliphatic carbocycles. The van der Waals surface area contributed by atoms with Gasteiger partial charge >= 0.3 is 19.5 Å². The molecule has 19 heavy (non-hydrogen) atoms. The van der Waals surface area contributed by atoms with E-state index in [2.05, 4.69) is 18.5 Å². The van der Waals surface area contributed by atoms with Crippen LogP contribution in [-0.4, -0.2) is 52.7 Å². The lowest BCUT2D eigenvalue weighted by Gasteiger charge is -2.20. The van der Waals surface area contributed by atoms with E-state index < -0.39 is 38.0 Å². The Morgan fingerprint density at radius 3 is 1.89 bits per heavy atom. The van der Waals surface area contributed by atoms with Gasteiger partial charge < -0.3 is 18.5 Å². The number of hydrogen-bond donors (Lipinski definition) is 0. The molecule has 0 heterocycles. The minimum atomic E-state index is -3.52. The van der Waals surface area contributed by atoms with Gasteiger partial charge in [0.1, 0.15) is 0 Å². The van der Waals surface area contributed by atoms with Crippen LogP contribution in [0.3, 0.4) is 0 Å². The lowest BCUT2D eigenvalue weighted by Crippen LogP contribution is -2.28. The van der Waals surface area contributed by atoms with Gasteiger partial charge in [0, 0.05) is 20.6 Å². The van der Waals surface area contributed by atoms with Crippen molar-refractivity contribution in [2.24, 2.45) is 5.92 Å². The van der Waals surface area contributed by atoms with Gasteiger partial charge in [0.05, 0.1) is 26.3 Å². The third-order valence-electron chi connectivity index (χ3n) is 2.48. The summed E-state index contributed by atoms with van der Waals surface area (Å²) in [6.45, 7) is 0. The molecule has 0 saturated heterocycles. The molecule has 0 aliphatic rings. The Labute approximate surface area is 110 Å². The van der Waals surface area contributed by atoms with Gasteiger partial charge in [-0.15, -0.1) is 0 Å². The largest absolute Gasteiger partial charge is 0.469 e. The topological polar surface area (TPSA) is 88.1 Å². The summed E-state index contributed by atoms with van der Waals surface area (Å²) < 4.78 is 43.4. The van der Waals surface area contributed by atoms with E-state index in [9.17, 15) is 18.5 Å². The summed E-state index contributed by atoms with van der Waals surface area (Å²) in [6.07, 6.45) is -2.92. The number of carbonyl (C=O) groups excluding carboxylic acids is 2. The quantitative estimate of drug-likeness (QED) is 0.491. The van der Waals surface area contributed by atoms with Crippen LogP contribution in [0.4, 0.5) is 4.39 Å². The smallest absolute Gasteiger partial charge is 0.340 e. The maximum absolute atomic E-state index is 13.5. The molecule has 2 atom stereocenters. The SMILES string of the molecule is COC(=O)[C@H](C[C@H]([18F])C(=O)OC)CP(=O)(OC)OC. The number of halogens is 1. The van der Waals surface area contributed by atoms with Crippen molar-refractivity contribution in [3.8, 4) is 0 Å². The van der Waals surface area contributed by atoms with Crippen molar-refractivity contribution >= 4 is 19.5 Å². The van der Waals surface area contributed by atoms with E-state index in [1.165, 1.54) is 0 Å². The standard InChI is InChI=1S/C10H18FO7P/c1-15-9(12)7(5-8(11)10(13)16-2)6-19(14,17-3)18-4/h7-8H,5-6H2,1-4H3/t7-,8+/m1/s1/i11-1. The number of hydrogen-bond acceptors (Lipinski definition) is 7. The zero-order valence-electron chi connectivity index (χ0n) is 11.3. The highest BCUT2D eigenvalue weighted by molar-refractivity contribution is 7.53. The zero-order chi connectivity index (χ0) is 15.1.